The number of hydrogen-bond donors (Lipinski definition) is 1. The van der Waals surface area contributed by atoms with Crippen LogP contribution >= 0.6 is 0 Å². The molecule has 2 fully saturated rings. The molecule has 3 rings (SSSR count). The van der Waals surface area contributed by atoms with E-state index in [-0.39, 0.29) is 5.92 Å². The van der Waals surface area contributed by atoms with Crippen LogP contribution in [0.3, 0.4) is 0 Å². The van der Waals surface area contributed by atoms with Gasteiger partial charge in [-0.3, -0.25) is 0 Å². The van der Waals surface area contributed by atoms with E-state index in [2.05, 4.69) is 10.3 Å². The molecule has 18 heavy (non-hydrogen) atoms. The van der Waals surface area contributed by atoms with Crippen molar-refractivity contribution in [1.29, 1.82) is 0 Å². The van der Waals surface area contributed by atoms with Gasteiger partial charge in [0, 0.05) is 12.1 Å². The highest BCUT2D eigenvalue weighted by atomic mass is 16.4. The SMILES string of the molecule is O=C(O)C(C1CCCCC1)n1cc(C2CC2)nn1. The zero-order valence-electron chi connectivity index (χ0n) is 10.5. The molecule has 0 saturated heterocycles. The Balaban J connectivity index is 1.80. The third kappa shape index (κ3) is 2.26. The van der Waals surface area contributed by atoms with E-state index in [1.807, 2.05) is 6.20 Å². The molecule has 0 amide bonds. The fourth-order valence-electron chi connectivity index (χ4n) is 2.97. The van der Waals surface area contributed by atoms with Crippen LogP contribution in [-0.2, 0) is 4.79 Å². The topological polar surface area (TPSA) is 68.0 Å². The maximum Gasteiger partial charge on any atom is 0.328 e. The highest BCUT2D eigenvalue weighted by Crippen LogP contribution is 2.39. The molecular formula is C13H19N3O2. The molecule has 1 N–H and O–H groups in total. The molecule has 0 spiro atoms. The van der Waals surface area contributed by atoms with Crippen molar-refractivity contribution >= 4 is 5.97 Å². The molecule has 1 aromatic heterocycles. The van der Waals surface area contributed by atoms with Crippen LogP contribution in [-0.4, -0.2) is 26.1 Å². The first kappa shape index (κ1) is 11.7. The Kier molecular flexibility index (Phi) is 3.06. The molecule has 2 aliphatic carbocycles. The molecule has 1 atom stereocenters. The molecule has 0 bridgehead atoms. The second-order valence-corrected chi connectivity index (χ2v) is 5.58. The molecule has 0 aliphatic heterocycles. The van der Waals surface area contributed by atoms with Crippen LogP contribution in [0.25, 0.3) is 0 Å². The van der Waals surface area contributed by atoms with Crippen molar-refractivity contribution in [1.82, 2.24) is 15.0 Å². The molecule has 0 aromatic carbocycles. The van der Waals surface area contributed by atoms with Gasteiger partial charge in [0.05, 0.1) is 5.69 Å². The molecule has 98 valence electrons. The van der Waals surface area contributed by atoms with Crippen LogP contribution in [0.5, 0.6) is 0 Å². The molecule has 5 nitrogen and oxygen atoms in total. The van der Waals surface area contributed by atoms with Crippen LogP contribution in [0.2, 0.25) is 0 Å². The van der Waals surface area contributed by atoms with E-state index < -0.39 is 12.0 Å². The normalized spacial score (nSPS) is 22.9. The van der Waals surface area contributed by atoms with Gasteiger partial charge in [-0.05, 0) is 31.6 Å². The monoisotopic (exact) mass is 249 g/mol. The minimum Gasteiger partial charge on any atom is -0.480 e. The van der Waals surface area contributed by atoms with E-state index in [9.17, 15) is 9.90 Å². The van der Waals surface area contributed by atoms with Crippen LogP contribution in [0.1, 0.15) is 62.6 Å². The first-order chi connectivity index (χ1) is 8.75. The van der Waals surface area contributed by atoms with Crippen LogP contribution in [0, 0.1) is 5.92 Å². The number of aliphatic carboxylic acids is 1. The molecule has 1 aromatic rings. The molecule has 5 heteroatoms. The number of aromatic nitrogens is 3. The van der Waals surface area contributed by atoms with Gasteiger partial charge in [-0.2, -0.15) is 0 Å². The number of rotatable bonds is 4. The molecule has 2 saturated carbocycles. The summed E-state index contributed by atoms with van der Waals surface area (Å²) in [4.78, 5) is 11.5. The van der Waals surface area contributed by atoms with Crippen molar-refractivity contribution in [2.75, 3.05) is 0 Å². The smallest absolute Gasteiger partial charge is 0.328 e. The van der Waals surface area contributed by atoms with Gasteiger partial charge in [-0.15, -0.1) is 5.10 Å². The van der Waals surface area contributed by atoms with Crippen molar-refractivity contribution in [3.8, 4) is 0 Å². The van der Waals surface area contributed by atoms with E-state index in [1.165, 1.54) is 19.3 Å². The lowest BCUT2D eigenvalue weighted by atomic mass is 9.84. The summed E-state index contributed by atoms with van der Waals surface area (Å²) < 4.78 is 1.59. The van der Waals surface area contributed by atoms with Gasteiger partial charge in [-0.1, -0.05) is 24.5 Å². The Labute approximate surface area is 106 Å². The van der Waals surface area contributed by atoms with Gasteiger partial charge in [0.25, 0.3) is 0 Å². The molecule has 2 aliphatic rings. The summed E-state index contributed by atoms with van der Waals surface area (Å²) in [6, 6.07) is -0.523. The largest absolute Gasteiger partial charge is 0.480 e. The summed E-state index contributed by atoms with van der Waals surface area (Å²) >= 11 is 0. The van der Waals surface area contributed by atoms with Crippen molar-refractivity contribution < 1.29 is 9.90 Å². The Bertz CT molecular complexity index is 433. The lowest BCUT2D eigenvalue weighted by Crippen LogP contribution is -2.29. The summed E-state index contributed by atoms with van der Waals surface area (Å²) in [5.74, 6) is -0.0290. The maximum atomic E-state index is 11.5. The van der Waals surface area contributed by atoms with E-state index in [0.29, 0.717) is 5.92 Å². The minimum absolute atomic E-state index is 0.213. The quantitative estimate of drug-likeness (QED) is 0.889. The zero-order chi connectivity index (χ0) is 12.5. The number of nitrogens with zero attached hydrogens (tertiary/aromatic N) is 3. The zero-order valence-corrected chi connectivity index (χ0v) is 10.5. The van der Waals surface area contributed by atoms with Crippen molar-refractivity contribution in [3.05, 3.63) is 11.9 Å². The van der Waals surface area contributed by atoms with Crippen LogP contribution in [0.4, 0.5) is 0 Å². The van der Waals surface area contributed by atoms with E-state index >= 15 is 0 Å². The Morgan fingerprint density at radius 1 is 1.28 bits per heavy atom. The highest BCUT2D eigenvalue weighted by Gasteiger charge is 2.33. The summed E-state index contributed by atoms with van der Waals surface area (Å²) in [5, 5.41) is 17.6. The summed E-state index contributed by atoms with van der Waals surface area (Å²) in [6.45, 7) is 0. The second kappa shape index (κ2) is 4.71. The second-order valence-electron chi connectivity index (χ2n) is 5.58. The number of carbonyl (C=O) groups is 1. The van der Waals surface area contributed by atoms with Gasteiger partial charge in [0.15, 0.2) is 6.04 Å². The van der Waals surface area contributed by atoms with Gasteiger partial charge in [0.2, 0.25) is 0 Å². The number of hydrogen-bond acceptors (Lipinski definition) is 3. The third-order valence-corrected chi connectivity index (χ3v) is 4.16. The van der Waals surface area contributed by atoms with Crippen molar-refractivity contribution in [3.63, 3.8) is 0 Å². The predicted molar refractivity (Wildman–Crippen MR) is 65.2 cm³/mol. The Hall–Kier alpha value is -1.39. The maximum absolute atomic E-state index is 11.5. The number of carboxylic acids is 1. The lowest BCUT2D eigenvalue weighted by Gasteiger charge is -2.27. The average molecular weight is 249 g/mol. The minimum atomic E-state index is -0.769. The van der Waals surface area contributed by atoms with Crippen molar-refractivity contribution in [2.24, 2.45) is 5.92 Å². The standard InChI is InChI=1S/C13H19N3O2/c17-13(18)12(10-4-2-1-3-5-10)16-8-11(14-15-16)9-6-7-9/h8-10,12H,1-7H2,(H,17,18). The summed E-state index contributed by atoms with van der Waals surface area (Å²) in [5.41, 5.74) is 0.969. The summed E-state index contributed by atoms with van der Waals surface area (Å²) in [7, 11) is 0. The third-order valence-electron chi connectivity index (χ3n) is 4.16. The van der Waals surface area contributed by atoms with Gasteiger partial charge < -0.3 is 5.11 Å². The van der Waals surface area contributed by atoms with E-state index in [4.69, 9.17) is 0 Å². The first-order valence-electron chi connectivity index (χ1n) is 6.90. The molecule has 1 heterocycles. The predicted octanol–water partition coefficient (Wildman–Crippen LogP) is 2.36. The molecule has 0 radical (unpaired) electrons. The lowest BCUT2D eigenvalue weighted by molar-refractivity contribution is -0.143. The van der Waals surface area contributed by atoms with Crippen LogP contribution < -0.4 is 0 Å². The first-order valence-corrected chi connectivity index (χ1v) is 6.90. The molecular weight excluding hydrogens is 230 g/mol. The van der Waals surface area contributed by atoms with Crippen LogP contribution in [0.15, 0.2) is 6.20 Å². The fourth-order valence-corrected chi connectivity index (χ4v) is 2.97. The Morgan fingerprint density at radius 2 is 2.00 bits per heavy atom. The van der Waals surface area contributed by atoms with Gasteiger partial charge in [0.1, 0.15) is 0 Å². The van der Waals surface area contributed by atoms with E-state index in [1.54, 1.807) is 4.68 Å². The Morgan fingerprint density at radius 3 is 2.61 bits per heavy atom. The van der Waals surface area contributed by atoms with Gasteiger partial charge >= 0.3 is 5.97 Å². The fraction of sp³-hybridized carbons (Fsp3) is 0.769. The number of carboxylic acid groups (broad SMARTS) is 1. The highest BCUT2D eigenvalue weighted by molar-refractivity contribution is 5.72. The average Bonchev–Trinajstić information content (AvgIpc) is 3.11. The molecule has 1 unspecified atom stereocenters. The van der Waals surface area contributed by atoms with Crippen molar-refractivity contribution in [2.45, 2.75) is 56.9 Å². The van der Waals surface area contributed by atoms with Gasteiger partial charge in [-0.25, -0.2) is 9.48 Å². The summed E-state index contributed by atoms with van der Waals surface area (Å²) in [6.07, 6.45) is 9.68. The van der Waals surface area contributed by atoms with E-state index in [0.717, 1.165) is 31.4 Å².